The van der Waals surface area contributed by atoms with Crippen LogP contribution in [0.25, 0.3) is 0 Å². The SMILES string of the molecule is Cc1nc(NC(=O)C(=O)N2CCN(Cc3ccc4c(c3)OCO4)CC2)sc1C. The molecular weight excluding hydrogens is 380 g/mol. The topological polar surface area (TPSA) is 84.0 Å². The molecule has 0 aliphatic carbocycles. The molecule has 1 saturated heterocycles. The summed E-state index contributed by atoms with van der Waals surface area (Å²) < 4.78 is 10.8. The predicted molar refractivity (Wildman–Crippen MR) is 105 cm³/mol. The number of carbonyl (C=O) groups excluding carboxylic acids is 2. The lowest BCUT2D eigenvalue weighted by Crippen LogP contribution is -2.51. The molecule has 3 heterocycles. The van der Waals surface area contributed by atoms with Crippen LogP contribution in [0.1, 0.15) is 16.1 Å². The molecule has 28 heavy (non-hydrogen) atoms. The molecule has 0 bridgehead atoms. The summed E-state index contributed by atoms with van der Waals surface area (Å²) in [5.74, 6) is 0.414. The molecule has 0 radical (unpaired) electrons. The first-order valence-corrected chi connectivity index (χ1v) is 9.96. The Morgan fingerprint density at radius 2 is 1.89 bits per heavy atom. The van der Waals surface area contributed by atoms with Crippen molar-refractivity contribution in [3.8, 4) is 11.5 Å². The van der Waals surface area contributed by atoms with E-state index in [0.717, 1.165) is 34.2 Å². The van der Waals surface area contributed by atoms with Crippen molar-refractivity contribution in [1.82, 2.24) is 14.8 Å². The Morgan fingerprint density at radius 1 is 1.14 bits per heavy atom. The largest absolute Gasteiger partial charge is 0.454 e. The van der Waals surface area contributed by atoms with Gasteiger partial charge < -0.3 is 14.4 Å². The number of aryl methyl sites for hydroxylation is 2. The second kappa shape index (κ2) is 7.76. The molecule has 1 fully saturated rings. The minimum absolute atomic E-state index is 0.266. The number of amides is 2. The zero-order valence-electron chi connectivity index (χ0n) is 15.9. The number of benzene rings is 1. The zero-order valence-corrected chi connectivity index (χ0v) is 16.7. The van der Waals surface area contributed by atoms with E-state index in [0.29, 0.717) is 31.3 Å². The van der Waals surface area contributed by atoms with Gasteiger partial charge in [0.1, 0.15) is 0 Å². The van der Waals surface area contributed by atoms with Crippen LogP contribution in [0.2, 0.25) is 0 Å². The van der Waals surface area contributed by atoms with Crippen LogP contribution in [-0.2, 0) is 16.1 Å². The molecule has 0 unspecified atom stereocenters. The summed E-state index contributed by atoms with van der Waals surface area (Å²) in [6.45, 7) is 7.31. The maximum absolute atomic E-state index is 12.4. The van der Waals surface area contributed by atoms with Crippen molar-refractivity contribution in [2.75, 3.05) is 38.3 Å². The van der Waals surface area contributed by atoms with E-state index in [1.165, 1.54) is 11.3 Å². The van der Waals surface area contributed by atoms with E-state index in [2.05, 4.69) is 15.2 Å². The number of thiazole rings is 1. The fourth-order valence-corrected chi connectivity index (χ4v) is 4.04. The number of rotatable bonds is 3. The highest BCUT2D eigenvalue weighted by atomic mass is 32.1. The molecule has 0 spiro atoms. The number of hydrogen-bond donors (Lipinski definition) is 1. The van der Waals surface area contributed by atoms with Crippen molar-refractivity contribution in [2.45, 2.75) is 20.4 Å². The van der Waals surface area contributed by atoms with E-state index in [1.54, 1.807) is 4.90 Å². The van der Waals surface area contributed by atoms with Crippen molar-refractivity contribution >= 4 is 28.3 Å². The van der Waals surface area contributed by atoms with Gasteiger partial charge in [-0.3, -0.25) is 19.8 Å². The number of anilines is 1. The maximum Gasteiger partial charge on any atom is 0.315 e. The third kappa shape index (κ3) is 3.95. The maximum atomic E-state index is 12.4. The van der Waals surface area contributed by atoms with E-state index in [4.69, 9.17) is 9.47 Å². The van der Waals surface area contributed by atoms with Crippen LogP contribution in [0.15, 0.2) is 18.2 Å². The first kappa shape index (κ1) is 18.7. The molecule has 1 aromatic heterocycles. The van der Waals surface area contributed by atoms with Crippen molar-refractivity contribution < 1.29 is 19.1 Å². The van der Waals surface area contributed by atoms with Gasteiger partial charge in [0.15, 0.2) is 16.6 Å². The number of carbonyl (C=O) groups is 2. The van der Waals surface area contributed by atoms with Gasteiger partial charge in [0.25, 0.3) is 0 Å². The third-order valence-electron chi connectivity index (χ3n) is 4.95. The zero-order chi connectivity index (χ0) is 19.7. The van der Waals surface area contributed by atoms with E-state index < -0.39 is 11.8 Å². The summed E-state index contributed by atoms with van der Waals surface area (Å²) in [6.07, 6.45) is 0. The van der Waals surface area contributed by atoms with Crippen LogP contribution in [-0.4, -0.2) is 59.6 Å². The molecule has 1 N–H and O–H groups in total. The molecular formula is C19H22N4O4S. The molecule has 2 aliphatic heterocycles. The normalized spacial score (nSPS) is 16.3. The molecule has 1 aromatic carbocycles. The lowest BCUT2D eigenvalue weighted by atomic mass is 10.1. The number of aromatic nitrogens is 1. The molecule has 148 valence electrons. The minimum atomic E-state index is -0.627. The quantitative estimate of drug-likeness (QED) is 0.788. The van der Waals surface area contributed by atoms with Crippen molar-refractivity contribution in [3.63, 3.8) is 0 Å². The van der Waals surface area contributed by atoms with E-state index >= 15 is 0 Å². The summed E-state index contributed by atoms with van der Waals surface area (Å²) in [5, 5.41) is 3.08. The highest BCUT2D eigenvalue weighted by Gasteiger charge is 2.27. The average Bonchev–Trinajstić information content (AvgIpc) is 3.27. The van der Waals surface area contributed by atoms with E-state index in [1.807, 2.05) is 32.0 Å². The standard InChI is InChI=1S/C19H22N4O4S/c1-12-13(2)28-19(20-12)21-17(24)18(25)23-7-5-22(6-8-23)10-14-3-4-15-16(9-14)27-11-26-15/h3-4,9H,5-8,10-11H2,1-2H3,(H,20,21,24). The first-order chi connectivity index (χ1) is 13.5. The van der Waals surface area contributed by atoms with Gasteiger partial charge in [-0.1, -0.05) is 6.07 Å². The van der Waals surface area contributed by atoms with Crippen LogP contribution in [0, 0.1) is 13.8 Å². The van der Waals surface area contributed by atoms with Gasteiger partial charge in [-0.2, -0.15) is 0 Å². The summed E-state index contributed by atoms with van der Waals surface area (Å²) in [5.41, 5.74) is 2.00. The molecule has 2 aliphatic rings. The predicted octanol–water partition coefficient (Wildman–Crippen LogP) is 1.77. The monoisotopic (exact) mass is 402 g/mol. The van der Waals surface area contributed by atoms with Crippen molar-refractivity contribution in [1.29, 1.82) is 0 Å². The number of piperazine rings is 1. The first-order valence-electron chi connectivity index (χ1n) is 9.15. The van der Waals surface area contributed by atoms with Crippen molar-refractivity contribution in [2.24, 2.45) is 0 Å². The number of fused-ring (bicyclic) bond motifs is 1. The number of hydrogen-bond acceptors (Lipinski definition) is 7. The molecule has 9 heteroatoms. The fraction of sp³-hybridized carbons (Fsp3) is 0.421. The molecule has 4 rings (SSSR count). The number of nitrogens with one attached hydrogen (secondary N) is 1. The van der Waals surface area contributed by atoms with Gasteiger partial charge in [-0.05, 0) is 31.5 Å². The lowest BCUT2D eigenvalue weighted by Gasteiger charge is -2.34. The Labute approximate surface area is 167 Å². The second-order valence-electron chi connectivity index (χ2n) is 6.87. The van der Waals surface area contributed by atoms with E-state index in [-0.39, 0.29) is 6.79 Å². The van der Waals surface area contributed by atoms with Crippen LogP contribution in [0.5, 0.6) is 11.5 Å². The molecule has 2 amide bonds. The molecule has 8 nitrogen and oxygen atoms in total. The van der Waals surface area contributed by atoms with Crippen LogP contribution in [0.3, 0.4) is 0 Å². The Kier molecular flexibility index (Phi) is 5.19. The van der Waals surface area contributed by atoms with Gasteiger partial charge in [-0.25, -0.2) is 4.98 Å². The summed E-state index contributed by atoms with van der Waals surface area (Å²) in [4.78, 5) is 33.8. The Morgan fingerprint density at radius 3 is 2.61 bits per heavy atom. The molecule has 2 aromatic rings. The van der Waals surface area contributed by atoms with Crippen LogP contribution in [0.4, 0.5) is 5.13 Å². The summed E-state index contributed by atoms with van der Waals surface area (Å²) in [7, 11) is 0. The van der Waals surface area contributed by atoms with Gasteiger partial charge in [-0.15, -0.1) is 11.3 Å². The second-order valence-corrected chi connectivity index (χ2v) is 8.07. The van der Waals surface area contributed by atoms with Gasteiger partial charge in [0, 0.05) is 37.6 Å². The fourth-order valence-electron chi connectivity index (χ4n) is 3.23. The van der Waals surface area contributed by atoms with Crippen LogP contribution < -0.4 is 14.8 Å². The Bertz CT molecular complexity index is 886. The van der Waals surface area contributed by atoms with Crippen LogP contribution >= 0.6 is 11.3 Å². The minimum Gasteiger partial charge on any atom is -0.454 e. The Balaban J connectivity index is 1.28. The van der Waals surface area contributed by atoms with Crippen molar-refractivity contribution in [3.05, 3.63) is 34.3 Å². The number of ether oxygens (including phenoxy) is 2. The average molecular weight is 402 g/mol. The molecule has 0 atom stereocenters. The third-order valence-corrected chi connectivity index (χ3v) is 5.93. The smallest absolute Gasteiger partial charge is 0.315 e. The highest BCUT2D eigenvalue weighted by molar-refractivity contribution is 7.15. The van der Waals surface area contributed by atoms with Gasteiger partial charge in [0.05, 0.1) is 5.69 Å². The summed E-state index contributed by atoms with van der Waals surface area (Å²) >= 11 is 1.38. The van der Waals surface area contributed by atoms with Gasteiger partial charge >= 0.3 is 11.8 Å². The molecule has 0 saturated carbocycles. The Hall–Kier alpha value is -2.65. The summed E-state index contributed by atoms with van der Waals surface area (Å²) in [6, 6.07) is 5.94. The van der Waals surface area contributed by atoms with Gasteiger partial charge in [0.2, 0.25) is 6.79 Å². The van der Waals surface area contributed by atoms with E-state index in [9.17, 15) is 9.59 Å². The number of nitrogens with zero attached hydrogens (tertiary/aromatic N) is 3. The lowest BCUT2D eigenvalue weighted by molar-refractivity contribution is -0.144. The highest BCUT2D eigenvalue weighted by Crippen LogP contribution is 2.32.